The molecule has 2 fully saturated rings. The van der Waals surface area contributed by atoms with Crippen LogP contribution in [0, 0.1) is 0 Å². The maximum Gasteiger partial charge on any atom is 0.273 e. The molecule has 6 heteroatoms. The van der Waals surface area contributed by atoms with Crippen LogP contribution in [0.3, 0.4) is 0 Å². The van der Waals surface area contributed by atoms with E-state index in [-0.39, 0.29) is 12.0 Å². The van der Waals surface area contributed by atoms with Crippen molar-refractivity contribution in [2.45, 2.75) is 57.0 Å². The number of nitrogens with zero attached hydrogens (tertiary/aromatic N) is 2. The number of aromatic nitrogens is 1. The molecule has 27 heavy (non-hydrogen) atoms. The molecule has 0 N–H and O–H groups in total. The standard InChI is InChI=1S/C21H25ClN2O2S/c22-16-6-8-17(9-7-16)26-18-10-12-24(13-11-18)21(25)19-14-27-20(23-19)15-4-2-1-3-5-15/h6-9,14-15,18H,1-5,10-13H2. The van der Waals surface area contributed by atoms with Crippen LogP contribution in [-0.4, -0.2) is 35.0 Å². The number of carbonyl (C=O) groups excluding carboxylic acids is 1. The van der Waals surface area contributed by atoms with Crippen LogP contribution in [0.2, 0.25) is 5.02 Å². The summed E-state index contributed by atoms with van der Waals surface area (Å²) in [5.41, 5.74) is 0.623. The average molecular weight is 405 g/mol. The molecule has 0 unspecified atom stereocenters. The molecule has 2 heterocycles. The highest BCUT2D eigenvalue weighted by molar-refractivity contribution is 7.09. The maximum atomic E-state index is 12.8. The van der Waals surface area contributed by atoms with Crippen molar-refractivity contribution in [3.05, 3.63) is 45.4 Å². The molecule has 4 nitrogen and oxygen atoms in total. The Morgan fingerprint density at radius 3 is 2.48 bits per heavy atom. The first-order valence-corrected chi connectivity index (χ1v) is 11.1. The predicted molar refractivity (Wildman–Crippen MR) is 109 cm³/mol. The average Bonchev–Trinajstić information content (AvgIpc) is 3.21. The van der Waals surface area contributed by atoms with Crippen LogP contribution < -0.4 is 4.74 Å². The third kappa shape index (κ3) is 4.64. The molecule has 1 aliphatic carbocycles. The van der Waals surface area contributed by atoms with E-state index in [1.165, 1.54) is 32.1 Å². The summed E-state index contributed by atoms with van der Waals surface area (Å²) in [5, 5.41) is 3.81. The van der Waals surface area contributed by atoms with Crippen molar-refractivity contribution in [2.24, 2.45) is 0 Å². The predicted octanol–water partition coefficient (Wildman–Crippen LogP) is 5.53. The molecule has 1 saturated heterocycles. The van der Waals surface area contributed by atoms with Gasteiger partial charge in [-0.25, -0.2) is 4.98 Å². The van der Waals surface area contributed by atoms with Crippen molar-refractivity contribution >= 4 is 28.8 Å². The number of thiazole rings is 1. The summed E-state index contributed by atoms with van der Waals surface area (Å²) in [6.45, 7) is 1.43. The highest BCUT2D eigenvalue weighted by atomic mass is 35.5. The second kappa shape index (κ2) is 8.61. The monoisotopic (exact) mass is 404 g/mol. The fourth-order valence-electron chi connectivity index (χ4n) is 3.97. The zero-order valence-corrected chi connectivity index (χ0v) is 17.0. The topological polar surface area (TPSA) is 42.4 Å². The summed E-state index contributed by atoms with van der Waals surface area (Å²) in [6, 6.07) is 7.45. The van der Waals surface area contributed by atoms with Gasteiger partial charge in [-0.2, -0.15) is 0 Å². The van der Waals surface area contributed by atoms with Crippen molar-refractivity contribution in [2.75, 3.05) is 13.1 Å². The number of benzene rings is 1. The summed E-state index contributed by atoms with van der Waals surface area (Å²) in [5.74, 6) is 1.46. The van der Waals surface area contributed by atoms with Gasteiger partial charge in [-0.1, -0.05) is 30.9 Å². The van der Waals surface area contributed by atoms with Crippen LogP contribution in [0.15, 0.2) is 29.6 Å². The molecule has 4 rings (SSSR count). The van der Waals surface area contributed by atoms with Gasteiger partial charge in [-0.05, 0) is 37.1 Å². The fraction of sp³-hybridized carbons (Fsp3) is 0.524. The second-order valence-electron chi connectivity index (χ2n) is 7.47. The van der Waals surface area contributed by atoms with Crippen LogP contribution in [-0.2, 0) is 0 Å². The van der Waals surface area contributed by atoms with Crippen LogP contribution in [0.5, 0.6) is 5.75 Å². The molecule has 0 bridgehead atoms. The molecular formula is C21H25ClN2O2S. The quantitative estimate of drug-likeness (QED) is 0.672. The first-order valence-electron chi connectivity index (χ1n) is 9.86. The van der Waals surface area contributed by atoms with Crippen molar-refractivity contribution in [3.8, 4) is 5.75 Å². The third-order valence-corrected chi connectivity index (χ3v) is 6.80. The number of amides is 1. The molecular weight excluding hydrogens is 380 g/mol. The van der Waals surface area contributed by atoms with Gasteiger partial charge in [0.15, 0.2) is 0 Å². The number of hydrogen-bond acceptors (Lipinski definition) is 4. The lowest BCUT2D eigenvalue weighted by Gasteiger charge is -2.31. The van der Waals surface area contributed by atoms with E-state index in [0.29, 0.717) is 29.7 Å². The molecule has 2 aromatic rings. The van der Waals surface area contributed by atoms with Gasteiger partial charge in [0.05, 0.1) is 5.01 Å². The Hall–Kier alpha value is -1.59. The summed E-state index contributed by atoms with van der Waals surface area (Å²) >= 11 is 7.57. The maximum absolute atomic E-state index is 12.8. The van der Waals surface area contributed by atoms with Gasteiger partial charge in [-0.3, -0.25) is 4.79 Å². The molecule has 0 atom stereocenters. The van der Waals surface area contributed by atoms with E-state index in [0.717, 1.165) is 23.6 Å². The molecule has 0 radical (unpaired) electrons. The van der Waals surface area contributed by atoms with E-state index in [1.807, 2.05) is 34.5 Å². The van der Waals surface area contributed by atoms with Gasteiger partial charge < -0.3 is 9.64 Å². The SMILES string of the molecule is O=C(c1csc(C2CCCCC2)n1)N1CCC(Oc2ccc(Cl)cc2)CC1. The van der Waals surface area contributed by atoms with Crippen LogP contribution in [0.25, 0.3) is 0 Å². The minimum Gasteiger partial charge on any atom is -0.490 e. The smallest absolute Gasteiger partial charge is 0.273 e. The number of rotatable bonds is 4. The zero-order chi connectivity index (χ0) is 18.6. The highest BCUT2D eigenvalue weighted by Crippen LogP contribution is 2.34. The normalized spacial score (nSPS) is 19.2. The van der Waals surface area contributed by atoms with Crippen LogP contribution >= 0.6 is 22.9 Å². The molecule has 1 aromatic carbocycles. The lowest BCUT2D eigenvalue weighted by molar-refractivity contribution is 0.0590. The first-order chi connectivity index (χ1) is 13.2. The molecule has 0 spiro atoms. The van der Waals surface area contributed by atoms with E-state index in [1.54, 1.807) is 11.3 Å². The summed E-state index contributed by atoms with van der Waals surface area (Å²) in [6.07, 6.45) is 8.17. The van der Waals surface area contributed by atoms with Gasteiger partial charge in [0.2, 0.25) is 0 Å². The number of halogens is 1. The molecule has 2 aliphatic rings. The lowest BCUT2D eigenvalue weighted by atomic mass is 9.90. The third-order valence-electron chi connectivity index (χ3n) is 5.54. The molecule has 144 valence electrons. The van der Waals surface area contributed by atoms with Crippen molar-refractivity contribution in [1.29, 1.82) is 0 Å². The molecule has 1 aliphatic heterocycles. The number of carbonyl (C=O) groups is 1. The zero-order valence-electron chi connectivity index (χ0n) is 15.4. The van der Waals surface area contributed by atoms with Gasteiger partial charge in [0.25, 0.3) is 5.91 Å². The van der Waals surface area contributed by atoms with E-state index >= 15 is 0 Å². The Labute approximate surface area is 169 Å². The van der Waals surface area contributed by atoms with Crippen LogP contribution in [0.4, 0.5) is 0 Å². The van der Waals surface area contributed by atoms with Gasteiger partial charge in [-0.15, -0.1) is 11.3 Å². The number of hydrogen-bond donors (Lipinski definition) is 0. The Balaban J connectivity index is 1.30. The number of ether oxygens (including phenoxy) is 1. The largest absolute Gasteiger partial charge is 0.490 e. The summed E-state index contributed by atoms with van der Waals surface area (Å²) < 4.78 is 6.02. The second-order valence-corrected chi connectivity index (χ2v) is 8.80. The first kappa shape index (κ1) is 18.8. The highest BCUT2D eigenvalue weighted by Gasteiger charge is 2.27. The lowest BCUT2D eigenvalue weighted by Crippen LogP contribution is -2.41. The van der Waals surface area contributed by atoms with E-state index in [4.69, 9.17) is 16.3 Å². The molecule has 1 saturated carbocycles. The van der Waals surface area contributed by atoms with Crippen LogP contribution in [0.1, 0.15) is 66.4 Å². The minimum atomic E-state index is 0.0678. The Kier molecular flexibility index (Phi) is 5.98. The Morgan fingerprint density at radius 1 is 1.07 bits per heavy atom. The molecule has 1 aromatic heterocycles. The van der Waals surface area contributed by atoms with E-state index in [9.17, 15) is 4.79 Å². The number of piperidine rings is 1. The van der Waals surface area contributed by atoms with Crippen molar-refractivity contribution in [3.63, 3.8) is 0 Å². The van der Waals surface area contributed by atoms with Gasteiger partial charge in [0.1, 0.15) is 17.5 Å². The van der Waals surface area contributed by atoms with Gasteiger partial charge >= 0.3 is 0 Å². The number of likely N-dealkylation sites (tertiary alicyclic amines) is 1. The molecule has 1 amide bonds. The van der Waals surface area contributed by atoms with Crippen molar-refractivity contribution < 1.29 is 9.53 Å². The van der Waals surface area contributed by atoms with Gasteiger partial charge in [0, 0.05) is 42.3 Å². The summed E-state index contributed by atoms with van der Waals surface area (Å²) in [4.78, 5) is 19.4. The van der Waals surface area contributed by atoms with E-state index in [2.05, 4.69) is 4.98 Å². The summed E-state index contributed by atoms with van der Waals surface area (Å²) in [7, 11) is 0. The minimum absolute atomic E-state index is 0.0678. The Bertz CT molecular complexity index is 763. The fourth-order valence-corrected chi connectivity index (χ4v) is 5.06. The Morgan fingerprint density at radius 2 is 1.78 bits per heavy atom. The van der Waals surface area contributed by atoms with E-state index < -0.39 is 0 Å². The van der Waals surface area contributed by atoms with Crippen molar-refractivity contribution in [1.82, 2.24) is 9.88 Å².